The zero-order valence-electron chi connectivity index (χ0n) is 10.5. The number of nitriles is 1. The summed E-state index contributed by atoms with van der Waals surface area (Å²) in [6.07, 6.45) is 1.83. The first-order valence-electron chi connectivity index (χ1n) is 6.02. The number of aromatic nitrogens is 2. The van der Waals surface area contributed by atoms with Crippen molar-refractivity contribution < 1.29 is 0 Å². The van der Waals surface area contributed by atoms with E-state index in [1.54, 1.807) is 0 Å². The fourth-order valence-electron chi connectivity index (χ4n) is 1.95. The summed E-state index contributed by atoms with van der Waals surface area (Å²) < 4.78 is 6.33. The molecule has 0 saturated carbocycles. The molecule has 1 aromatic heterocycles. The fraction of sp³-hybridized carbons (Fsp3) is 0. The number of para-hydroxylation sites is 1. The van der Waals surface area contributed by atoms with Gasteiger partial charge in [0.05, 0.1) is 5.69 Å². The van der Waals surface area contributed by atoms with Crippen LogP contribution in [0.2, 0.25) is 0 Å². The Balaban J connectivity index is 2.29. The van der Waals surface area contributed by atoms with E-state index in [9.17, 15) is 0 Å². The Morgan fingerprint density at radius 1 is 1.00 bits per heavy atom. The van der Waals surface area contributed by atoms with Gasteiger partial charge >= 0.3 is 0 Å². The summed E-state index contributed by atoms with van der Waals surface area (Å²) in [5, 5.41) is 8.82. The van der Waals surface area contributed by atoms with Crippen LogP contribution >= 0.6 is 11.5 Å². The van der Waals surface area contributed by atoms with E-state index in [2.05, 4.69) is 9.37 Å². The van der Waals surface area contributed by atoms with E-state index in [4.69, 9.17) is 5.26 Å². The minimum atomic E-state index is 0.567. The third-order valence-electron chi connectivity index (χ3n) is 2.81. The van der Waals surface area contributed by atoms with Crippen LogP contribution in [0.3, 0.4) is 0 Å². The highest BCUT2D eigenvalue weighted by molar-refractivity contribution is 7.03. The molecule has 0 amide bonds. The van der Waals surface area contributed by atoms with Crippen molar-refractivity contribution in [3.05, 3.63) is 65.5 Å². The van der Waals surface area contributed by atoms with Crippen molar-refractivity contribution in [2.45, 2.75) is 0 Å². The Hall–Kier alpha value is -2.71. The lowest BCUT2D eigenvalue weighted by atomic mass is 10.2. The number of benzene rings is 2. The quantitative estimate of drug-likeness (QED) is 0.677. The summed E-state index contributed by atoms with van der Waals surface area (Å²) in [5.74, 6) is 0.788. The second kappa shape index (κ2) is 5.51. The van der Waals surface area contributed by atoms with Gasteiger partial charge in [-0.05, 0) is 12.1 Å². The monoisotopic (exact) mass is 278 g/mol. The van der Waals surface area contributed by atoms with Crippen LogP contribution in [0.25, 0.3) is 17.1 Å². The molecule has 0 aliphatic rings. The normalized spacial score (nSPS) is 11.2. The van der Waals surface area contributed by atoms with Crippen LogP contribution in [-0.4, -0.2) is 8.94 Å². The van der Waals surface area contributed by atoms with E-state index < -0.39 is 0 Å². The van der Waals surface area contributed by atoms with Gasteiger partial charge in [-0.2, -0.15) is 9.64 Å². The van der Waals surface area contributed by atoms with Crippen LogP contribution < -0.4 is 4.80 Å². The topological polar surface area (TPSA) is 54.0 Å². The zero-order chi connectivity index (χ0) is 13.8. The lowest BCUT2D eigenvalue weighted by molar-refractivity contribution is 0.997. The molecular formula is C15H10N4S. The molecule has 20 heavy (non-hydrogen) atoms. The molecule has 0 unspecified atom stereocenters. The molecule has 0 atom stereocenters. The van der Waals surface area contributed by atoms with Gasteiger partial charge in [0.1, 0.15) is 0 Å². The third-order valence-corrected chi connectivity index (χ3v) is 3.51. The van der Waals surface area contributed by atoms with Crippen LogP contribution in [0.15, 0.2) is 65.7 Å². The summed E-state index contributed by atoms with van der Waals surface area (Å²) >= 11 is 1.21. The molecular weight excluding hydrogens is 268 g/mol. The number of hydrogen-bond acceptors (Lipinski definition) is 4. The molecule has 0 aliphatic heterocycles. The van der Waals surface area contributed by atoms with E-state index in [1.165, 1.54) is 11.5 Å². The summed E-state index contributed by atoms with van der Waals surface area (Å²) in [6.45, 7) is 0. The zero-order valence-corrected chi connectivity index (χ0v) is 11.3. The minimum Gasteiger partial charge on any atom is -0.267 e. The van der Waals surface area contributed by atoms with Crippen molar-refractivity contribution in [1.82, 2.24) is 8.94 Å². The van der Waals surface area contributed by atoms with Gasteiger partial charge in [-0.15, -0.1) is 4.99 Å². The molecule has 1 heterocycles. The van der Waals surface area contributed by atoms with E-state index in [0.29, 0.717) is 4.80 Å². The number of hydrogen-bond donors (Lipinski definition) is 0. The highest BCUT2D eigenvalue weighted by Gasteiger charge is 2.11. The molecule has 0 bridgehead atoms. The van der Waals surface area contributed by atoms with Crippen LogP contribution in [0.4, 0.5) is 0 Å². The van der Waals surface area contributed by atoms with E-state index in [1.807, 2.05) is 71.4 Å². The van der Waals surface area contributed by atoms with Crippen molar-refractivity contribution in [2.24, 2.45) is 4.99 Å². The molecule has 0 saturated heterocycles. The Morgan fingerprint density at radius 2 is 1.65 bits per heavy atom. The second-order valence-corrected chi connectivity index (χ2v) is 4.77. The Kier molecular flexibility index (Phi) is 3.40. The molecule has 0 aliphatic carbocycles. The predicted octanol–water partition coefficient (Wildman–Crippen LogP) is 2.98. The number of rotatable bonds is 2. The maximum absolute atomic E-state index is 8.82. The molecule has 0 radical (unpaired) electrons. The van der Waals surface area contributed by atoms with Gasteiger partial charge < -0.3 is 0 Å². The van der Waals surface area contributed by atoms with Gasteiger partial charge in [-0.1, -0.05) is 48.5 Å². The molecule has 3 rings (SSSR count). The average molecular weight is 278 g/mol. The van der Waals surface area contributed by atoms with E-state index in [0.717, 1.165) is 17.1 Å². The first kappa shape index (κ1) is 12.3. The molecule has 96 valence electrons. The Bertz CT molecular complexity index is 810. The maximum Gasteiger partial charge on any atom is 0.224 e. The fourth-order valence-corrected chi connectivity index (χ4v) is 2.66. The number of nitrogens with zero attached hydrogens (tertiary/aromatic N) is 4. The molecule has 0 spiro atoms. The second-order valence-electron chi connectivity index (χ2n) is 4.04. The highest BCUT2D eigenvalue weighted by atomic mass is 32.1. The van der Waals surface area contributed by atoms with Crippen molar-refractivity contribution in [1.29, 1.82) is 5.26 Å². The van der Waals surface area contributed by atoms with Crippen LogP contribution in [0, 0.1) is 11.5 Å². The van der Waals surface area contributed by atoms with Crippen molar-refractivity contribution in [3.8, 4) is 23.3 Å². The average Bonchev–Trinajstić information content (AvgIpc) is 2.93. The van der Waals surface area contributed by atoms with Crippen LogP contribution in [-0.2, 0) is 0 Å². The summed E-state index contributed by atoms with van der Waals surface area (Å²) in [4.78, 5) is 4.42. The third kappa shape index (κ3) is 2.25. The van der Waals surface area contributed by atoms with Crippen molar-refractivity contribution in [2.75, 3.05) is 0 Å². The Labute approximate surface area is 120 Å². The summed E-state index contributed by atoms with van der Waals surface area (Å²) in [7, 11) is 0. The van der Waals surface area contributed by atoms with Gasteiger partial charge in [-0.3, -0.25) is 4.57 Å². The first-order chi connectivity index (χ1) is 9.90. The molecule has 0 N–H and O–H groups in total. The molecule has 0 fully saturated rings. The van der Waals surface area contributed by atoms with Gasteiger partial charge in [0.25, 0.3) is 0 Å². The van der Waals surface area contributed by atoms with Crippen LogP contribution in [0.1, 0.15) is 0 Å². The largest absolute Gasteiger partial charge is 0.267 e. The van der Waals surface area contributed by atoms with Crippen LogP contribution in [0.5, 0.6) is 0 Å². The first-order valence-corrected chi connectivity index (χ1v) is 6.80. The molecule has 3 aromatic rings. The lowest BCUT2D eigenvalue weighted by Gasteiger charge is -2.06. The molecule has 4 nitrogen and oxygen atoms in total. The SMILES string of the molecule is N#C/N=c1/snc(-c2ccccc2)n1-c1ccccc1. The maximum atomic E-state index is 8.82. The van der Waals surface area contributed by atoms with Gasteiger partial charge in [0, 0.05) is 17.1 Å². The van der Waals surface area contributed by atoms with E-state index >= 15 is 0 Å². The van der Waals surface area contributed by atoms with Gasteiger partial charge in [-0.25, -0.2) is 0 Å². The van der Waals surface area contributed by atoms with Gasteiger partial charge in [0.15, 0.2) is 5.82 Å². The molecule has 2 aromatic carbocycles. The summed E-state index contributed by atoms with van der Waals surface area (Å²) in [6, 6.07) is 19.7. The minimum absolute atomic E-state index is 0.567. The lowest BCUT2D eigenvalue weighted by Crippen LogP contribution is -2.13. The summed E-state index contributed by atoms with van der Waals surface area (Å²) in [5.41, 5.74) is 1.93. The standard InChI is InChI=1S/C15H10N4S/c16-11-17-15-19(13-9-5-2-6-10-13)14(18-20-15)12-7-3-1-4-8-12/h1-10H/b17-15+. The Morgan fingerprint density at radius 3 is 2.30 bits per heavy atom. The molecule has 5 heteroatoms. The van der Waals surface area contributed by atoms with Crippen molar-refractivity contribution in [3.63, 3.8) is 0 Å². The van der Waals surface area contributed by atoms with Crippen molar-refractivity contribution >= 4 is 11.5 Å². The van der Waals surface area contributed by atoms with Gasteiger partial charge in [0.2, 0.25) is 11.0 Å². The highest BCUT2D eigenvalue weighted by Crippen LogP contribution is 2.19. The smallest absolute Gasteiger partial charge is 0.224 e. The predicted molar refractivity (Wildman–Crippen MR) is 78.1 cm³/mol. The van der Waals surface area contributed by atoms with E-state index in [-0.39, 0.29) is 0 Å².